The summed E-state index contributed by atoms with van der Waals surface area (Å²) in [7, 11) is 0. The molecule has 1 aromatic rings. The molecule has 21 heavy (non-hydrogen) atoms. The smallest absolute Gasteiger partial charge is 0.119 e. The van der Waals surface area contributed by atoms with Crippen molar-refractivity contribution in [3.05, 3.63) is 30.3 Å². The number of aliphatic hydroxyl groups is 1. The molecule has 2 bridgehead atoms. The maximum absolute atomic E-state index is 10.8. The first-order chi connectivity index (χ1) is 10.2. The van der Waals surface area contributed by atoms with Gasteiger partial charge in [0.15, 0.2) is 0 Å². The number of nitriles is 1. The summed E-state index contributed by atoms with van der Waals surface area (Å²) < 4.78 is 5.85. The van der Waals surface area contributed by atoms with Gasteiger partial charge in [0, 0.05) is 11.8 Å². The van der Waals surface area contributed by atoms with Crippen LogP contribution >= 0.6 is 0 Å². The molecule has 3 aliphatic rings. The van der Waals surface area contributed by atoms with Gasteiger partial charge in [-0.25, -0.2) is 0 Å². The van der Waals surface area contributed by atoms with Gasteiger partial charge >= 0.3 is 0 Å². The van der Waals surface area contributed by atoms with Gasteiger partial charge in [-0.05, 0) is 44.5 Å². The normalized spacial score (nSPS) is 34.4. The standard InChI is InChI=1S/C17H22N2O2/c18-10-4-7-17-8-11-19(12-9-17)15(16(17)20)13-21-14-5-2-1-3-6-14/h1-3,5-6,15-16,20H,4,7-9,11-13H2. The van der Waals surface area contributed by atoms with E-state index in [0.717, 1.165) is 38.1 Å². The monoisotopic (exact) mass is 286 g/mol. The summed E-state index contributed by atoms with van der Waals surface area (Å²) in [6.07, 6.45) is 2.94. The molecule has 0 aliphatic carbocycles. The van der Waals surface area contributed by atoms with E-state index in [2.05, 4.69) is 11.0 Å². The lowest BCUT2D eigenvalue weighted by molar-refractivity contribution is -0.144. The molecule has 2 atom stereocenters. The largest absolute Gasteiger partial charge is 0.492 e. The van der Waals surface area contributed by atoms with Crippen molar-refractivity contribution >= 4 is 0 Å². The average Bonchev–Trinajstić information content (AvgIpc) is 2.54. The molecule has 1 aromatic carbocycles. The van der Waals surface area contributed by atoms with Gasteiger partial charge in [0.05, 0.1) is 18.2 Å². The molecule has 3 aliphatic heterocycles. The van der Waals surface area contributed by atoms with Crippen LogP contribution in [0.1, 0.15) is 25.7 Å². The van der Waals surface area contributed by atoms with Crippen LogP contribution in [0.4, 0.5) is 0 Å². The van der Waals surface area contributed by atoms with E-state index in [-0.39, 0.29) is 11.5 Å². The van der Waals surface area contributed by atoms with E-state index in [9.17, 15) is 5.11 Å². The second-order valence-electron chi connectivity index (χ2n) is 6.19. The van der Waals surface area contributed by atoms with Crippen LogP contribution in [0.15, 0.2) is 30.3 Å². The van der Waals surface area contributed by atoms with Crippen molar-refractivity contribution in [3.8, 4) is 11.8 Å². The van der Waals surface area contributed by atoms with Gasteiger partial charge in [-0.1, -0.05) is 18.2 Å². The number of hydrogen-bond acceptors (Lipinski definition) is 4. The molecule has 3 fully saturated rings. The summed E-state index contributed by atoms with van der Waals surface area (Å²) in [6.45, 7) is 2.52. The first-order valence-electron chi connectivity index (χ1n) is 7.72. The zero-order valence-electron chi connectivity index (χ0n) is 12.2. The molecule has 0 radical (unpaired) electrons. The van der Waals surface area contributed by atoms with Gasteiger partial charge < -0.3 is 9.84 Å². The highest BCUT2D eigenvalue weighted by Crippen LogP contribution is 2.46. The molecule has 3 heterocycles. The minimum absolute atomic E-state index is 0.0476. The Labute approximate surface area is 125 Å². The predicted molar refractivity (Wildman–Crippen MR) is 79.8 cm³/mol. The van der Waals surface area contributed by atoms with Crippen LogP contribution in [0.3, 0.4) is 0 Å². The number of benzene rings is 1. The Morgan fingerprint density at radius 3 is 2.67 bits per heavy atom. The summed E-state index contributed by atoms with van der Waals surface area (Å²) in [5.41, 5.74) is -0.0742. The first kappa shape index (κ1) is 14.4. The molecule has 112 valence electrons. The third kappa shape index (κ3) is 2.76. The van der Waals surface area contributed by atoms with Crippen LogP contribution in [-0.2, 0) is 0 Å². The lowest BCUT2D eigenvalue weighted by Gasteiger charge is -2.56. The first-order valence-corrected chi connectivity index (χ1v) is 7.72. The lowest BCUT2D eigenvalue weighted by atomic mass is 9.64. The SMILES string of the molecule is N#CCCC12CCN(CC1)C(COc1ccccc1)C2O. The summed E-state index contributed by atoms with van der Waals surface area (Å²) >= 11 is 0. The number of hydrogen-bond donors (Lipinski definition) is 1. The topological polar surface area (TPSA) is 56.5 Å². The van der Waals surface area contributed by atoms with Gasteiger partial charge in [-0.3, -0.25) is 4.90 Å². The van der Waals surface area contributed by atoms with Gasteiger partial charge in [-0.2, -0.15) is 5.26 Å². The van der Waals surface area contributed by atoms with Gasteiger partial charge in [0.1, 0.15) is 12.4 Å². The van der Waals surface area contributed by atoms with Gasteiger partial charge in [0.25, 0.3) is 0 Å². The number of piperidine rings is 3. The summed E-state index contributed by atoms with van der Waals surface area (Å²) in [5, 5.41) is 19.6. The van der Waals surface area contributed by atoms with E-state index >= 15 is 0 Å². The van der Waals surface area contributed by atoms with Crippen LogP contribution < -0.4 is 4.74 Å². The van der Waals surface area contributed by atoms with Gasteiger partial charge in [0.2, 0.25) is 0 Å². The third-order valence-electron chi connectivity index (χ3n) is 5.15. The fourth-order valence-corrected chi connectivity index (χ4v) is 3.80. The Balaban J connectivity index is 1.67. The zero-order chi connectivity index (χ0) is 14.7. The van der Waals surface area contributed by atoms with Crippen LogP contribution in [0, 0.1) is 16.7 Å². The quantitative estimate of drug-likeness (QED) is 0.901. The van der Waals surface area contributed by atoms with Crippen LogP contribution in [0.5, 0.6) is 5.75 Å². The molecule has 0 amide bonds. The Hall–Kier alpha value is -1.57. The minimum Gasteiger partial charge on any atom is -0.492 e. The maximum Gasteiger partial charge on any atom is 0.119 e. The number of rotatable bonds is 5. The average molecular weight is 286 g/mol. The molecule has 0 aromatic heterocycles. The molecule has 3 saturated heterocycles. The summed E-state index contributed by atoms with van der Waals surface area (Å²) in [6, 6.07) is 12.0. The number of fused-ring (bicyclic) bond motifs is 3. The Morgan fingerprint density at radius 1 is 1.29 bits per heavy atom. The minimum atomic E-state index is -0.392. The number of nitrogens with zero attached hydrogens (tertiary/aromatic N) is 2. The zero-order valence-corrected chi connectivity index (χ0v) is 12.2. The second kappa shape index (κ2) is 6.05. The highest BCUT2D eigenvalue weighted by Gasteiger charge is 2.51. The van der Waals surface area contributed by atoms with Crippen molar-refractivity contribution in [1.29, 1.82) is 5.26 Å². The van der Waals surface area contributed by atoms with Crippen molar-refractivity contribution in [2.24, 2.45) is 5.41 Å². The van der Waals surface area contributed by atoms with E-state index in [1.807, 2.05) is 30.3 Å². The van der Waals surface area contributed by atoms with Crippen molar-refractivity contribution < 1.29 is 9.84 Å². The van der Waals surface area contributed by atoms with E-state index < -0.39 is 6.10 Å². The number of ether oxygens (including phenoxy) is 1. The van der Waals surface area contributed by atoms with E-state index in [4.69, 9.17) is 10.00 Å². The van der Waals surface area contributed by atoms with Crippen LogP contribution in [0.2, 0.25) is 0 Å². The van der Waals surface area contributed by atoms with Crippen molar-refractivity contribution in [2.45, 2.75) is 37.8 Å². The maximum atomic E-state index is 10.8. The van der Waals surface area contributed by atoms with Crippen molar-refractivity contribution in [2.75, 3.05) is 19.7 Å². The second-order valence-corrected chi connectivity index (χ2v) is 6.19. The van der Waals surface area contributed by atoms with Crippen molar-refractivity contribution in [3.63, 3.8) is 0 Å². The highest BCUT2D eigenvalue weighted by atomic mass is 16.5. The molecule has 2 unspecified atom stereocenters. The van der Waals surface area contributed by atoms with Crippen LogP contribution in [-0.4, -0.2) is 41.8 Å². The van der Waals surface area contributed by atoms with E-state index in [0.29, 0.717) is 13.0 Å². The Bertz CT molecular complexity index is 503. The summed E-state index contributed by atoms with van der Waals surface area (Å²) in [5.74, 6) is 0.846. The molecule has 4 heteroatoms. The van der Waals surface area contributed by atoms with E-state index in [1.165, 1.54) is 0 Å². The van der Waals surface area contributed by atoms with E-state index in [1.54, 1.807) is 0 Å². The third-order valence-corrected chi connectivity index (χ3v) is 5.15. The number of para-hydroxylation sites is 1. The molecule has 0 saturated carbocycles. The predicted octanol–water partition coefficient (Wildman–Crippen LogP) is 2.19. The fraction of sp³-hybridized carbons (Fsp3) is 0.588. The molecule has 4 nitrogen and oxygen atoms in total. The number of aliphatic hydroxyl groups excluding tert-OH is 1. The van der Waals surface area contributed by atoms with Crippen LogP contribution in [0.25, 0.3) is 0 Å². The highest BCUT2D eigenvalue weighted by molar-refractivity contribution is 5.21. The lowest BCUT2D eigenvalue weighted by Crippen LogP contribution is -2.65. The molecular weight excluding hydrogens is 264 g/mol. The molecule has 1 N–H and O–H groups in total. The molecule has 0 spiro atoms. The van der Waals surface area contributed by atoms with Gasteiger partial charge in [-0.15, -0.1) is 0 Å². The Morgan fingerprint density at radius 2 is 2.00 bits per heavy atom. The Kier molecular flexibility index (Phi) is 4.14. The molecule has 4 rings (SSSR count). The van der Waals surface area contributed by atoms with Crippen molar-refractivity contribution in [1.82, 2.24) is 4.90 Å². The molecular formula is C17H22N2O2. The fourth-order valence-electron chi connectivity index (χ4n) is 3.80. The summed E-state index contributed by atoms with van der Waals surface area (Å²) in [4.78, 5) is 2.34.